The van der Waals surface area contributed by atoms with E-state index in [0.29, 0.717) is 16.5 Å². The first-order valence-corrected chi connectivity index (χ1v) is 8.30. The van der Waals surface area contributed by atoms with Crippen molar-refractivity contribution in [3.8, 4) is 0 Å². The van der Waals surface area contributed by atoms with E-state index < -0.39 is 0 Å². The lowest BCUT2D eigenvalue weighted by Crippen LogP contribution is -2.49. The van der Waals surface area contributed by atoms with Crippen LogP contribution >= 0.6 is 15.9 Å². The molecule has 0 radical (unpaired) electrons. The second kappa shape index (κ2) is 6.80. The molecule has 1 N–H and O–H groups in total. The number of halogens is 2. The fourth-order valence-corrected chi connectivity index (χ4v) is 3.06. The Morgan fingerprint density at radius 1 is 1.30 bits per heavy atom. The van der Waals surface area contributed by atoms with E-state index in [1.165, 1.54) is 6.07 Å². The van der Waals surface area contributed by atoms with E-state index in [1.807, 2.05) is 12.1 Å². The second-order valence-corrected chi connectivity index (χ2v) is 6.42. The van der Waals surface area contributed by atoms with E-state index in [4.69, 9.17) is 0 Å². The summed E-state index contributed by atoms with van der Waals surface area (Å²) in [5.74, 6) is 0.569. The molecule has 1 aromatic carbocycles. The number of piperazine rings is 1. The number of aromatic nitrogens is 1. The van der Waals surface area contributed by atoms with Crippen LogP contribution in [0.4, 0.5) is 10.2 Å². The van der Waals surface area contributed by atoms with Crippen LogP contribution in [0.1, 0.15) is 0 Å². The lowest BCUT2D eigenvalue weighted by Gasteiger charge is -2.35. The summed E-state index contributed by atoms with van der Waals surface area (Å²) < 4.78 is 14.1. The maximum atomic E-state index is 13.7. The van der Waals surface area contributed by atoms with Crippen molar-refractivity contribution in [2.45, 2.75) is 0 Å². The minimum Gasteiger partial charge on any atom is -0.358 e. The van der Waals surface area contributed by atoms with E-state index in [1.54, 1.807) is 13.1 Å². The van der Waals surface area contributed by atoms with Gasteiger partial charge in [-0.05, 0) is 34.1 Å². The number of pyridine rings is 1. The topological polar surface area (TPSA) is 48.5 Å². The molecule has 2 heterocycles. The number of amides is 1. The van der Waals surface area contributed by atoms with Gasteiger partial charge in [0, 0.05) is 44.7 Å². The van der Waals surface area contributed by atoms with Crippen LogP contribution in [0.3, 0.4) is 0 Å². The van der Waals surface area contributed by atoms with Crippen molar-refractivity contribution in [3.05, 3.63) is 34.6 Å². The number of carbonyl (C=O) groups excluding carboxylic acids is 1. The molecule has 2 aromatic rings. The molecule has 1 aliphatic rings. The van der Waals surface area contributed by atoms with Crippen molar-refractivity contribution < 1.29 is 9.18 Å². The first-order chi connectivity index (χ1) is 11.1. The van der Waals surface area contributed by atoms with E-state index >= 15 is 0 Å². The van der Waals surface area contributed by atoms with Crippen molar-refractivity contribution >= 4 is 38.6 Å². The lowest BCUT2D eigenvalue weighted by atomic mass is 10.2. The van der Waals surface area contributed by atoms with Gasteiger partial charge in [0.2, 0.25) is 5.91 Å². The molecule has 7 heteroatoms. The lowest BCUT2D eigenvalue weighted by molar-refractivity contribution is -0.121. The Labute approximate surface area is 142 Å². The second-order valence-electron chi connectivity index (χ2n) is 5.56. The molecule has 1 saturated heterocycles. The number of nitrogens with zero attached hydrogens (tertiary/aromatic N) is 3. The Morgan fingerprint density at radius 2 is 2.04 bits per heavy atom. The van der Waals surface area contributed by atoms with Gasteiger partial charge in [0.1, 0.15) is 11.6 Å². The van der Waals surface area contributed by atoms with E-state index in [9.17, 15) is 9.18 Å². The Morgan fingerprint density at radius 3 is 2.74 bits per heavy atom. The Hall–Kier alpha value is -1.73. The van der Waals surface area contributed by atoms with Gasteiger partial charge < -0.3 is 10.2 Å². The average Bonchev–Trinajstić information content (AvgIpc) is 2.56. The predicted octanol–water partition coefficient (Wildman–Crippen LogP) is 2.00. The highest BCUT2D eigenvalue weighted by molar-refractivity contribution is 9.10. The van der Waals surface area contributed by atoms with Crippen LogP contribution in [0.25, 0.3) is 10.9 Å². The molecule has 3 rings (SSSR count). The number of likely N-dealkylation sites (N-methyl/N-ethyl adjacent to an activating group) is 1. The minimum absolute atomic E-state index is 0.0309. The largest absolute Gasteiger partial charge is 0.358 e. The first kappa shape index (κ1) is 16.1. The van der Waals surface area contributed by atoms with Crippen LogP contribution in [0, 0.1) is 5.82 Å². The van der Waals surface area contributed by atoms with Gasteiger partial charge >= 0.3 is 0 Å². The zero-order chi connectivity index (χ0) is 16.4. The van der Waals surface area contributed by atoms with Crippen molar-refractivity contribution in [2.24, 2.45) is 0 Å². The molecule has 5 nitrogen and oxygen atoms in total. The standard InChI is InChI=1S/C16H18BrFN4O/c1-19-16(23)10-21-4-6-22(7-5-21)15-3-2-11-8-12(17)13(18)9-14(11)20-15/h2-3,8-9H,4-7,10H2,1H3,(H,19,23). The molecule has 0 bridgehead atoms. The van der Waals surface area contributed by atoms with Gasteiger partial charge in [-0.2, -0.15) is 0 Å². The molecule has 122 valence electrons. The summed E-state index contributed by atoms with van der Waals surface area (Å²) in [6.45, 7) is 3.64. The third-order valence-electron chi connectivity index (χ3n) is 4.06. The van der Waals surface area contributed by atoms with Crippen LogP contribution in [0.2, 0.25) is 0 Å². The first-order valence-electron chi connectivity index (χ1n) is 7.50. The third-order valence-corrected chi connectivity index (χ3v) is 4.67. The molecule has 0 unspecified atom stereocenters. The molecule has 1 aromatic heterocycles. The van der Waals surface area contributed by atoms with Crippen molar-refractivity contribution in [2.75, 3.05) is 44.7 Å². The summed E-state index contributed by atoms with van der Waals surface area (Å²) in [7, 11) is 1.65. The van der Waals surface area contributed by atoms with E-state index in [-0.39, 0.29) is 11.7 Å². The van der Waals surface area contributed by atoms with E-state index in [2.05, 4.69) is 36.0 Å². The molecule has 1 fully saturated rings. The third kappa shape index (κ3) is 3.61. The Bertz CT molecular complexity index is 731. The van der Waals surface area contributed by atoms with Gasteiger partial charge in [-0.25, -0.2) is 9.37 Å². The molecular formula is C16H18BrFN4O. The maximum Gasteiger partial charge on any atom is 0.233 e. The van der Waals surface area contributed by atoms with Crippen LogP contribution < -0.4 is 10.2 Å². The van der Waals surface area contributed by atoms with Crippen LogP contribution in [0.5, 0.6) is 0 Å². The highest BCUT2D eigenvalue weighted by Gasteiger charge is 2.19. The van der Waals surface area contributed by atoms with Gasteiger partial charge in [-0.1, -0.05) is 0 Å². The highest BCUT2D eigenvalue weighted by Crippen LogP contribution is 2.25. The highest BCUT2D eigenvalue weighted by atomic mass is 79.9. The zero-order valence-electron chi connectivity index (χ0n) is 12.9. The SMILES string of the molecule is CNC(=O)CN1CCN(c2ccc3cc(Br)c(F)cc3n2)CC1. The fraction of sp³-hybridized carbons (Fsp3) is 0.375. The monoisotopic (exact) mass is 380 g/mol. The normalized spacial score (nSPS) is 15.9. The molecule has 0 spiro atoms. The number of anilines is 1. The van der Waals surface area contributed by atoms with Crippen molar-refractivity contribution in [3.63, 3.8) is 0 Å². The number of carbonyl (C=O) groups is 1. The van der Waals surface area contributed by atoms with Crippen LogP contribution in [-0.4, -0.2) is 55.6 Å². The number of fused-ring (bicyclic) bond motifs is 1. The summed E-state index contributed by atoms with van der Waals surface area (Å²) in [4.78, 5) is 20.3. The number of nitrogens with one attached hydrogen (secondary N) is 1. The number of hydrogen-bond acceptors (Lipinski definition) is 4. The Kier molecular flexibility index (Phi) is 4.77. The molecule has 1 amide bonds. The zero-order valence-corrected chi connectivity index (χ0v) is 14.4. The van der Waals surface area contributed by atoms with Gasteiger partial charge in [0.25, 0.3) is 0 Å². The molecule has 23 heavy (non-hydrogen) atoms. The van der Waals surface area contributed by atoms with Gasteiger partial charge in [0.05, 0.1) is 16.5 Å². The summed E-state index contributed by atoms with van der Waals surface area (Å²) >= 11 is 3.19. The molecule has 0 saturated carbocycles. The van der Waals surface area contributed by atoms with E-state index in [0.717, 1.165) is 37.4 Å². The summed E-state index contributed by atoms with van der Waals surface area (Å²) in [6, 6.07) is 7.10. The summed E-state index contributed by atoms with van der Waals surface area (Å²) in [5, 5.41) is 3.54. The molecule has 1 aliphatic heterocycles. The number of rotatable bonds is 3. The predicted molar refractivity (Wildman–Crippen MR) is 92.1 cm³/mol. The smallest absolute Gasteiger partial charge is 0.233 e. The van der Waals surface area contributed by atoms with Gasteiger partial charge in [-0.15, -0.1) is 0 Å². The quantitative estimate of drug-likeness (QED) is 0.884. The molecule has 0 atom stereocenters. The van der Waals surface area contributed by atoms with Crippen LogP contribution in [-0.2, 0) is 4.79 Å². The van der Waals surface area contributed by atoms with Gasteiger partial charge in [0.15, 0.2) is 0 Å². The minimum atomic E-state index is -0.308. The van der Waals surface area contributed by atoms with Gasteiger partial charge in [-0.3, -0.25) is 9.69 Å². The van der Waals surface area contributed by atoms with Crippen molar-refractivity contribution in [1.82, 2.24) is 15.2 Å². The summed E-state index contributed by atoms with van der Waals surface area (Å²) in [5.41, 5.74) is 0.649. The van der Waals surface area contributed by atoms with Crippen LogP contribution in [0.15, 0.2) is 28.7 Å². The average molecular weight is 381 g/mol. The molecular weight excluding hydrogens is 363 g/mol. The summed E-state index contributed by atoms with van der Waals surface area (Å²) in [6.07, 6.45) is 0. The van der Waals surface area contributed by atoms with Crippen molar-refractivity contribution in [1.29, 1.82) is 0 Å². The Balaban J connectivity index is 1.72. The fourth-order valence-electron chi connectivity index (χ4n) is 2.70. The number of benzene rings is 1. The number of hydrogen-bond donors (Lipinski definition) is 1. The maximum absolute atomic E-state index is 13.7. The molecule has 0 aliphatic carbocycles.